The summed E-state index contributed by atoms with van der Waals surface area (Å²) in [6.45, 7) is 3.49. The van der Waals surface area contributed by atoms with Gasteiger partial charge in [0.1, 0.15) is 0 Å². The van der Waals surface area contributed by atoms with Crippen molar-refractivity contribution < 1.29 is 14.7 Å². The summed E-state index contributed by atoms with van der Waals surface area (Å²) < 4.78 is 0. The average Bonchev–Trinajstić information content (AvgIpc) is 2.24. The van der Waals surface area contributed by atoms with Crippen LogP contribution in [-0.4, -0.2) is 29.6 Å². The van der Waals surface area contributed by atoms with Crippen molar-refractivity contribution >= 4 is 34.9 Å². The maximum absolute atomic E-state index is 11.3. The predicted octanol–water partition coefficient (Wildman–Crippen LogP) is 1.32. The van der Waals surface area contributed by atoms with E-state index in [1.165, 1.54) is 17.0 Å². The van der Waals surface area contributed by atoms with Gasteiger partial charge in [0, 0.05) is 11.7 Å². The lowest BCUT2D eigenvalue weighted by molar-refractivity contribution is -0.116. The number of carboxylic acid groups (broad SMARTS) is 1. The number of rotatable bonds is 5. The molecule has 0 heterocycles. The molecule has 1 amide bonds. The van der Waals surface area contributed by atoms with Crippen molar-refractivity contribution in [2.45, 2.75) is 19.9 Å². The summed E-state index contributed by atoms with van der Waals surface area (Å²) in [6, 6.07) is 2.60. The Kier molecular flexibility index (Phi) is 4.61. The van der Waals surface area contributed by atoms with E-state index in [2.05, 4.69) is 0 Å². The summed E-state index contributed by atoms with van der Waals surface area (Å²) in [5.41, 5.74) is 11.2. The van der Waals surface area contributed by atoms with Crippen LogP contribution in [0.15, 0.2) is 12.1 Å². The van der Waals surface area contributed by atoms with E-state index >= 15 is 0 Å². The zero-order valence-corrected chi connectivity index (χ0v) is 11.4. The van der Waals surface area contributed by atoms with Crippen LogP contribution in [0.2, 0.25) is 5.02 Å². The molecule has 0 saturated carbocycles. The van der Waals surface area contributed by atoms with Crippen LogP contribution in [-0.2, 0) is 4.79 Å². The second-order valence-corrected chi connectivity index (χ2v) is 4.80. The lowest BCUT2D eigenvalue weighted by Gasteiger charge is -2.30. The topological polar surface area (TPSA) is 110 Å². The third-order valence-corrected chi connectivity index (χ3v) is 2.84. The number of aromatic carboxylic acids is 1. The van der Waals surface area contributed by atoms with Gasteiger partial charge in [-0.1, -0.05) is 11.6 Å². The molecular weight excluding hydrogens is 270 g/mol. The third kappa shape index (κ3) is 3.51. The van der Waals surface area contributed by atoms with Crippen molar-refractivity contribution in [2.24, 2.45) is 5.73 Å². The Morgan fingerprint density at radius 2 is 2.00 bits per heavy atom. The van der Waals surface area contributed by atoms with Gasteiger partial charge in [0.2, 0.25) is 5.91 Å². The molecule has 0 spiro atoms. The van der Waals surface area contributed by atoms with Gasteiger partial charge in [0.05, 0.1) is 22.8 Å². The van der Waals surface area contributed by atoms with E-state index in [0.717, 1.165) is 0 Å². The summed E-state index contributed by atoms with van der Waals surface area (Å²) in [5, 5.41) is 9.40. The van der Waals surface area contributed by atoms with Crippen LogP contribution in [0.4, 0.5) is 11.4 Å². The number of hydrogen-bond acceptors (Lipinski definition) is 4. The molecule has 1 aromatic carbocycles. The summed E-state index contributed by atoms with van der Waals surface area (Å²) in [7, 11) is 0. The first-order chi connectivity index (χ1) is 8.73. The van der Waals surface area contributed by atoms with E-state index in [-0.39, 0.29) is 34.5 Å². The molecule has 0 saturated heterocycles. The molecular formula is C12H16ClN3O3. The highest BCUT2D eigenvalue weighted by Gasteiger charge is 2.23. The summed E-state index contributed by atoms with van der Waals surface area (Å²) >= 11 is 6.06. The SMILES string of the molecule is CC(C)N(CC(N)=O)c1c(Cl)cc(N)cc1C(=O)O. The lowest BCUT2D eigenvalue weighted by Crippen LogP contribution is -2.39. The van der Waals surface area contributed by atoms with Gasteiger partial charge in [0.15, 0.2) is 0 Å². The number of halogens is 1. The average molecular weight is 286 g/mol. The van der Waals surface area contributed by atoms with Crippen molar-refractivity contribution in [3.8, 4) is 0 Å². The van der Waals surface area contributed by atoms with Gasteiger partial charge >= 0.3 is 5.97 Å². The van der Waals surface area contributed by atoms with Crippen LogP contribution >= 0.6 is 11.6 Å². The van der Waals surface area contributed by atoms with Gasteiger partial charge < -0.3 is 21.5 Å². The third-order valence-electron chi connectivity index (χ3n) is 2.55. The number of carbonyl (C=O) groups excluding carboxylic acids is 1. The number of carboxylic acids is 1. The standard InChI is InChI=1S/C12H16ClN3O3/c1-6(2)16(5-10(15)17)11-8(12(18)19)3-7(14)4-9(11)13/h3-4,6H,5,14H2,1-2H3,(H2,15,17)(H,18,19). The number of nitrogen functional groups attached to an aromatic ring is 1. The number of nitrogens with two attached hydrogens (primary N) is 2. The Labute approximate surface area is 115 Å². The van der Waals surface area contributed by atoms with E-state index in [4.69, 9.17) is 23.1 Å². The van der Waals surface area contributed by atoms with Crippen molar-refractivity contribution in [1.82, 2.24) is 0 Å². The van der Waals surface area contributed by atoms with Crippen LogP contribution in [0.3, 0.4) is 0 Å². The van der Waals surface area contributed by atoms with Crippen LogP contribution < -0.4 is 16.4 Å². The summed E-state index contributed by atoms with van der Waals surface area (Å²) in [6.07, 6.45) is 0. The van der Waals surface area contributed by atoms with Gasteiger partial charge in [-0.05, 0) is 26.0 Å². The van der Waals surface area contributed by atoms with E-state index in [1.807, 2.05) is 0 Å². The molecule has 6 nitrogen and oxygen atoms in total. The Bertz CT molecular complexity index is 517. The lowest BCUT2D eigenvalue weighted by atomic mass is 10.1. The zero-order chi connectivity index (χ0) is 14.7. The highest BCUT2D eigenvalue weighted by atomic mass is 35.5. The van der Waals surface area contributed by atoms with E-state index in [1.54, 1.807) is 13.8 Å². The zero-order valence-electron chi connectivity index (χ0n) is 10.7. The molecule has 0 aliphatic rings. The fraction of sp³-hybridized carbons (Fsp3) is 0.333. The molecule has 104 valence electrons. The van der Waals surface area contributed by atoms with Crippen molar-refractivity contribution in [2.75, 3.05) is 17.2 Å². The Morgan fingerprint density at radius 1 is 1.42 bits per heavy atom. The number of amides is 1. The highest BCUT2D eigenvalue weighted by molar-refractivity contribution is 6.34. The van der Waals surface area contributed by atoms with Gasteiger partial charge in [-0.25, -0.2) is 4.79 Å². The van der Waals surface area contributed by atoms with E-state index < -0.39 is 11.9 Å². The highest BCUT2D eigenvalue weighted by Crippen LogP contribution is 2.33. The maximum Gasteiger partial charge on any atom is 0.337 e. The van der Waals surface area contributed by atoms with Crippen molar-refractivity contribution in [3.05, 3.63) is 22.7 Å². The smallest absolute Gasteiger partial charge is 0.337 e. The predicted molar refractivity (Wildman–Crippen MR) is 74.5 cm³/mol. The molecule has 0 bridgehead atoms. The molecule has 0 radical (unpaired) electrons. The normalized spacial score (nSPS) is 10.5. The second kappa shape index (κ2) is 5.79. The van der Waals surface area contributed by atoms with Gasteiger partial charge in [0.25, 0.3) is 0 Å². The Morgan fingerprint density at radius 3 is 2.42 bits per heavy atom. The first-order valence-electron chi connectivity index (χ1n) is 5.61. The number of carbonyl (C=O) groups is 2. The van der Waals surface area contributed by atoms with Crippen LogP contribution in [0.5, 0.6) is 0 Å². The first-order valence-corrected chi connectivity index (χ1v) is 5.99. The number of benzene rings is 1. The molecule has 19 heavy (non-hydrogen) atoms. The van der Waals surface area contributed by atoms with Gasteiger partial charge in [-0.15, -0.1) is 0 Å². The monoisotopic (exact) mass is 285 g/mol. The molecule has 7 heteroatoms. The molecule has 5 N–H and O–H groups in total. The molecule has 1 rings (SSSR count). The minimum absolute atomic E-state index is 0.0556. The van der Waals surface area contributed by atoms with E-state index in [9.17, 15) is 14.7 Å². The summed E-state index contributed by atoms with van der Waals surface area (Å²) in [4.78, 5) is 23.9. The van der Waals surface area contributed by atoms with E-state index in [0.29, 0.717) is 0 Å². The molecule has 0 fully saturated rings. The number of hydrogen-bond donors (Lipinski definition) is 3. The van der Waals surface area contributed by atoms with Gasteiger partial charge in [-0.3, -0.25) is 4.79 Å². The van der Waals surface area contributed by atoms with Crippen LogP contribution in [0.25, 0.3) is 0 Å². The fourth-order valence-corrected chi connectivity index (χ4v) is 2.10. The fourth-order valence-electron chi connectivity index (χ4n) is 1.76. The summed E-state index contributed by atoms with van der Waals surface area (Å²) in [5.74, 6) is -1.74. The number of anilines is 2. The molecule has 0 atom stereocenters. The maximum atomic E-state index is 11.3. The van der Waals surface area contributed by atoms with Crippen molar-refractivity contribution in [3.63, 3.8) is 0 Å². The Hall–Kier alpha value is -1.95. The molecule has 0 aromatic heterocycles. The van der Waals surface area contributed by atoms with Crippen LogP contribution in [0, 0.1) is 0 Å². The van der Waals surface area contributed by atoms with Gasteiger partial charge in [-0.2, -0.15) is 0 Å². The quantitative estimate of drug-likeness (QED) is 0.707. The number of nitrogens with zero attached hydrogens (tertiary/aromatic N) is 1. The number of primary amides is 1. The molecule has 0 aliphatic heterocycles. The molecule has 0 aliphatic carbocycles. The second-order valence-electron chi connectivity index (χ2n) is 4.39. The van der Waals surface area contributed by atoms with Crippen LogP contribution in [0.1, 0.15) is 24.2 Å². The van der Waals surface area contributed by atoms with Crippen molar-refractivity contribution in [1.29, 1.82) is 0 Å². The minimum Gasteiger partial charge on any atom is -0.478 e. The minimum atomic E-state index is -1.17. The largest absolute Gasteiger partial charge is 0.478 e. The Balaban J connectivity index is 3.44. The molecule has 0 unspecified atom stereocenters. The molecule has 1 aromatic rings. The first kappa shape index (κ1) is 15.1.